The van der Waals surface area contributed by atoms with Gasteiger partial charge in [-0.15, -0.1) is 0 Å². The van der Waals surface area contributed by atoms with E-state index in [1.807, 2.05) is 37.3 Å². The fourth-order valence-electron chi connectivity index (χ4n) is 4.16. The minimum Gasteiger partial charge on any atom is -0.489 e. The summed E-state index contributed by atoms with van der Waals surface area (Å²) in [5, 5.41) is 12.3. The van der Waals surface area contributed by atoms with Crippen molar-refractivity contribution < 1.29 is 27.8 Å². The van der Waals surface area contributed by atoms with Crippen molar-refractivity contribution in [3.05, 3.63) is 65.9 Å². The number of hydrogen-bond acceptors (Lipinski definition) is 6. The number of sulfone groups is 1. The zero-order valence-corrected chi connectivity index (χ0v) is 19.1. The molecule has 2 N–H and O–H groups in total. The number of fused-ring (bicyclic) bond motifs is 1. The summed E-state index contributed by atoms with van der Waals surface area (Å²) in [6.45, 7) is 2.60. The van der Waals surface area contributed by atoms with Crippen LogP contribution in [-0.4, -0.2) is 49.1 Å². The van der Waals surface area contributed by atoms with Crippen molar-refractivity contribution in [3.8, 4) is 5.75 Å². The van der Waals surface area contributed by atoms with E-state index in [9.17, 15) is 13.2 Å². The van der Waals surface area contributed by atoms with Gasteiger partial charge in [-0.3, -0.25) is 4.98 Å². The molecule has 0 atom stereocenters. The van der Waals surface area contributed by atoms with Gasteiger partial charge in [0, 0.05) is 36.4 Å². The molecule has 0 spiro atoms. The molecule has 2 heterocycles. The quantitative estimate of drug-likeness (QED) is 0.541. The number of carbonyl (C=O) groups is 1. The Bertz CT molecular complexity index is 1250. The molecule has 33 heavy (non-hydrogen) atoms. The van der Waals surface area contributed by atoms with Crippen LogP contribution in [0.5, 0.6) is 5.75 Å². The number of aryl methyl sites for hydroxylation is 1. The van der Waals surface area contributed by atoms with Gasteiger partial charge in [0.2, 0.25) is 0 Å². The highest BCUT2D eigenvalue weighted by Crippen LogP contribution is 2.35. The third-order valence-electron chi connectivity index (χ3n) is 5.99. The summed E-state index contributed by atoms with van der Waals surface area (Å²) in [6.07, 6.45) is -0.802. The molecule has 8 nitrogen and oxygen atoms in total. The number of nitrogens with one attached hydrogen (secondary N) is 1. The molecule has 0 bridgehead atoms. The van der Waals surface area contributed by atoms with Crippen molar-refractivity contribution in [2.75, 3.05) is 19.8 Å². The summed E-state index contributed by atoms with van der Waals surface area (Å²) < 4.78 is 37.0. The molecule has 0 saturated carbocycles. The van der Waals surface area contributed by atoms with E-state index < -0.39 is 20.7 Å². The summed E-state index contributed by atoms with van der Waals surface area (Å²) in [4.78, 5) is 15.7. The molecule has 1 fully saturated rings. The predicted octanol–water partition coefficient (Wildman–Crippen LogP) is 3.71. The lowest BCUT2D eigenvalue weighted by molar-refractivity contribution is 0.0741. The topological polar surface area (TPSA) is 115 Å². The lowest BCUT2D eigenvalue weighted by Gasteiger charge is -2.36. The van der Waals surface area contributed by atoms with Crippen LogP contribution in [0.15, 0.2) is 59.5 Å². The number of amides is 1. The zero-order chi connectivity index (χ0) is 23.5. The summed E-state index contributed by atoms with van der Waals surface area (Å²) in [5.74, 6) is 0.539. The number of benzene rings is 2. The summed E-state index contributed by atoms with van der Waals surface area (Å²) in [6, 6.07) is 16.1. The van der Waals surface area contributed by atoms with Gasteiger partial charge in [-0.25, -0.2) is 13.2 Å². The van der Waals surface area contributed by atoms with Crippen LogP contribution in [0.1, 0.15) is 24.1 Å². The summed E-state index contributed by atoms with van der Waals surface area (Å²) in [7, 11) is -3.81. The lowest BCUT2D eigenvalue weighted by atomic mass is 9.99. The third-order valence-corrected chi connectivity index (χ3v) is 8.58. The van der Waals surface area contributed by atoms with E-state index in [0.29, 0.717) is 12.4 Å². The van der Waals surface area contributed by atoms with Crippen LogP contribution >= 0.6 is 0 Å². The van der Waals surface area contributed by atoms with Crippen molar-refractivity contribution in [1.29, 1.82) is 0 Å². The molecule has 9 heteroatoms. The number of pyridine rings is 1. The van der Waals surface area contributed by atoms with Crippen LogP contribution in [0, 0.1) is 6.92 Å². The van der Waals surface area contributed by atoms with E-state index in [4.69, 9.17) is 14.6 Å². The second-order valence-electron chi connectivity index (χ2n) is 8.16. The average molecular weight is 471 g/mol. The normalized spacial score (nSPS) is 15.8. The van der Waals surface area contributed by atoms with Gasteiger partial charge in [0.15, 0.2) is 9.84 Å². The first-order chi connectivity index (χ1) is 15.8. The third kappa shape index (κ3) is 4.79. The smallest absolute Gasteiger partial charge is 0.404 e. The van der Waals surface area contributed by atoms with Crippen LogP contribution in [0.4, 0.5) is 4.79 Å². The van der Waals surface area contributed by atoms with Crippen LogP contribution < -0.4 is 10.1 Å². The van der Waals surface area contributed by atoms with E-state index in [1.165, 1.54) is 12.1 Å². The summed E-state index contributed by atoms with van der Waals surface area (Å²) in [5.41, 5.74) is 2.79. The molecule has 4 rings (SSSR count). The van der Waals surface area contributed by atoms with Crippen LogP contribution in [0.2, 0.25) is 0 Å². The Morgan fingerprint density at radius 3 is 2.55 bits per heavy atom. The molecule has 1 saturated heterocycles. The minimum atomic E-state index is -3.81. The fraction of sp³-hybridized carbons (Fsp3) is 0.333. The first kappa shape index (κ1) is 23.0. The van der Waals surface area contributed by atoms with Gasteiger partial charge in [-0.2, -0.15) is 0 Å². The highest BCUT2D eigenvalue weighted by Gasteiger charge is 2.46. The van der Waals surface area contributed by atoms with Gasteiger partial charge in [0.1, 0.15) is 12.4 Å². The van der Waals surface area contributed by atoms with Gasteiger partial charge in [0.05, 0.1) is 15.2 Å². The van der Waals surface area contributed by atoms with Crippen LogP contribution in [-0.2, 0) is 21.2 Å². The maximum atomic E-state index is 13.5. The first-order valence-electron chi connectivity index (χ1n) is 10.7. The standard InChI is InChI=1S/C24H26N2O6S/c1-17-14-18(21-4-2-3-5-22(21)26-17)15-32-19-6-8-20(9-7-19)33(29,30)24(16-25-23(27)28)10-12-31-13-11-24/h2-9,14,25H,10-13,15-16H2,1H3,(H,27,28). The highest BCUT2D eigenvalue weighted by molar-refractivity contribution is 7.92. The molecule has 3 aromatic rings. The second kappa shape index (κ2) is 9.36. The first-order valence-corrected chi connectivity index (χ1v) is 12.2. The van der Waals surface area contributed by atoms with Gasteiger partial charge < -0.3 is 19.9 Å². The number of hydrogen-bond donors (Lipinski definition) is 2. The Kier molecular flexibility index (Phi) is 6.53. The molecule has 2 aromatic carbocycles. The van der Waals surface area contributed by atoms with E-state index >= 15 is 0 Å². The molecule has 1 aliphatic rings. The Hall–Kier alpha value is -3.17. The van der Waals surface area contributed by atoms with Gasteiger partial charge >= 0.3 is 6.09 Å². The zero-order valence-electron chi connectivity index (χ0n) is 18.3. The van der Waals surface area contributed by atoms with Crippen LogP contribution in [0.25, 0.3) is 10.9 Å². The average Bonchev–Trinajstić information content (AvgIpc) is 2.82. The van der Waals surface area contributed by atoms with Crippen molar-refractivity contribution in [2.24, 2.45) is 0 Å². The van der Waals surface area contributed by atoms with E-state index in [1.54, 1.807) is 12.1 Å². The number of ether oxygens (including phenoxy) is 2. The number of para-hydroxylation sites is 1. The van der Waals surface area contributed by atoms with E-state index in [0.717, 1.165) is 22.2 Å². The van der Waals surface area contributed by atoms with Crippen molar-refractivity contribution >= 4 is 26.8 Å². The lowest BCUT2D eigenvalue weighted by Crippen LogP contribution is -2.52. The molecule has 174 valence electrons. The Morgan fingerprint density at radius 1 is 1.15 bits per heavy atom. The van der Waals surface area contributed by atoms with Crippen molar-refractivity contribution in [3.63, 3.8) is 0 Å². The molecule has 0 aliphatic carbocycles. The number of nitrogens with zero attached hydrogens (tertiary/aromatic N) is 1. The molecule has 1 amide bonds. The number of aromatic nitrogens is 1. The predicted molar refractivity (Wildman–Crippen MR) is 123 cm³/mol. The van der Waals surface area contributed by atoms with E-state index in [2.05, 4.69) is 10.3 Å². The maximum Gasteiger partial charge on any atom is 0.404 e. The number of carboxylic acid groups (broad SMARTS) is 1. The molecule has 1 aromatic heterocycles. The molecular formula is C24H26N2O6S. The SMILES string of the molecule is Cc1cc(COc2ccc(S(=O)(=O)C3(CNC(=O)O)CCOCC3)cc2)c2ccccc2n1. The molecule has 0 unspecified atom stereocenters. The fourth-order valence-corrected chi connectivity index (χ4v) is 6.12. The summed E-state index contributed by atoms with van der Waals surface area (Å²) >= 11 is 0. The Balaban J connectivity index is 1.53. The van der Waals surface area contributed by atoms with Gasteiger partial charge in [-0.1, -0.05) is 18.2 Å². The van der Waals surface area contributed by atoms with E-state index in [-0.39, 0.29) is 37.5 Å². The minimum absolute atomic E-state index is 0.133. The van der Waals surface area contributed by atoms with Crippen molar-refractivity contribution in [2.45, 2.75) is 36.0 Å². The monoisotopic (exact) mass is 470 g/mol. The molecule has 0 radical (unpaired) electrons. The maximum absolute atomic E-state index is 13.5. The molecule has 1 aliphatic heterocycles. The Morgan fingerprint density at radius 2 is 1.85 bits per heavy atom. The van der Waals surface area contributed by atoms with Crippen molar-refractivity contribution in [1.82, 2.24) is 10.3 Å². The second-order valence-corrected chi connectivity index (χ2v) is 10.5. The molecular weight excluding hydrogens is 444 g/mol. The van der Waals surface area contributed by atoms with Gasteiger partial charge in [0.25, 0.3) is 0 Å². The largest absolute Gasteiger partial charge is 0.489 e. The van der Waals surface area contributed by atoms with Gasteiger partial charge in [-0.05, 0) is 56.2 Å². The highest BCUT2D eigenvalue weighted by atomic mass is 32.2. The number of rotatable bonds is 7. The van der Waals surface area contributed by atoms with Crippen LogP contribution in [0.3, 0.4) is 0 Å². The Labute approximate surface area is 192 Å².